The van der Waals surface area contributed by atoms with Gasteiger partial charge in [0.15, 0.2) is 0 Å². The summed E-state index contributed by atoms with van der Waals surface area (Å²) in [5.41, 5.74) is 1.46. The van der Waals surface area contributed by atoms with Crippen LogP contribution in [-0.4, -0.2) is 13.1 Å². The molecule has 2 rings (SSSR count). The van der Waals surface area contributed by atoms with Crippen molar-refractivity contribution in [2.24, 2.45) is 11.8 Å². The van der Waals surface area contributed by atoms with Gasteiger partial charge >= 0.3 is 0 Å². The minimum absolute atomic E-state index is 0.818. The minimum atomic E-state index is 0.818. The maximum atomic E-state index is 3.64. The van der Waals surface area contributed by atoms with E-state index in [0.717, 1.165) is 18.4 Å². The Morgan fingerprint density at radius 3 is 2.75 bits per heavy atom. The average molecular weight is 282 g/mol. The lowest BCUT2D eigenvalue weighted by Crippen LogP contribution is -2.25. The first-order valence-electron chi connectivity index (χ1n) is 6.25. The van der Waals surface area contributed by atoms with E-state index in [4.69, 9.17) is 0 Å². The van der Waals surface area contributed by atoms with Gasteiger partial charge in [0.2, 0.25) is 0 Å². The van der Waals surface area contributed by atoms with Gasteiger partial charge in [-0.05, 0) is 55.8 Å². The predicted octanol–water partition coefficient (Wildman–Crippen LogP) is 3.63. The first-order valence-corrected chi connectivity index (χ1v) is 7.04. The highest BCUT2D eigenvalue weighted by Gasteiger charge is 2.30. The lowest BCUT2D eigenvalue weighted by atomic mass is 9.94. The minimum Gasteiger partial charge on any atom is -0.317 e. The Kier molecular flexibility index (Phi) is 4.42. The van der Waals surface area contributed by atoms with E-state index in [0.29, 0.717) is 0 Å². The van der Waals surface area contributed by atoms with E-state index in [2.05, 4.69) is 52.4 Å². The van der Waals surface area contributed by atoms with Crippen molar-refractivity contribution in [1.29, 1.82) is 0 Å². The van der Waals surface area contributed by atoms with E-state index in [-0.39, 0.29) is 0 Å². The summed E-state index contributed by atoms with van der Waals surface area (Å²) >= 11 is 3.64. The van der Waals surface area contributed by atoms with Crippen molar-refractivity contribution >= 4 is 15.9 Å². The summed E-state index contributed by atoms with van der Waals surface area (Å²) in [6.45, 7) is 4.43. The standard InChI is InChI=1S/C14H20BrN/c1-2-16-10-13(11-7-8-11)9-12-5-3-4-6-14(12)15/h3-6,11,13,16H,2,7-10H2,1H3. The lowest BCUT2D eigenvalue weighted by Gasteiger charge is -2.17. The van der Waals surface area contributed by atoms with Crippen molar-refractivity contribution in [3.63, 3.8) is 0 Å². The van der Waals surface area contributed by atoms with Gasteiger partial charge in [0, 0.05) is 4.47 Å². The largest absolute Gasteiger partial charge is 0.317 e. The number of nitrogens with one attached hydrogen (secondary N) is 1. The van der Waals surface area contributed by atoms with Gasteiger partial charge in [-0.3, -0.25) is 0 Å². The van der Waals surface area contributed by atoms with Gasteiger partial charge in [0.25, 0.3) is 0 Å². The zero-order valence-corrected chi connectivity index (χ0v) is 11.5. The molecule has 0 heterocycles. The molecule has 2 heteroatoms. The second-order valence-corrected chi connectivity index (χ2v) is 5.56. The molecule has 1 nitrogen and oxygen atoms in total. The van der Waals surface area contributed by atoms with Gasteiger partial charge in [-0.15, -0.1) is 0 Å². The van der Waals surface area contributed by atoms with Crippen LogP contribution < -0.4 is 5.32 Å². The van der Waals surface area contributed by atoms with Crippen LogP contribution in [0.1, 0.15) is 25.3 Å². The van der Waals surface area contributed by atoms with Gasteiger partial charge in [0.05, 0.1) is 0 Å². The maximum Gasteiger partial charge on any atom is 0.0207 e. The van der Waals surface area contributed by atoms with E-state index in [1.54, 1.807) is 0 Å². The molecule has 88 valence electrons. The number of rotatable bonds is 6. The fourth-order valence-corrected chi connectivity index (χ4v) is 2.70. The SMILES string of the molecule is CCNCC(Cc1ccccc1Br)C1CC1. The molecule has 1 atom stereocenters. The Morgan fingerprint density at radius 2 is 2.12 bits per heavy atom. The summed E-state index contributed by atoms with van der Waals surface area (Å²) in [6.07, 6.45) is 4.07. The molecule has 1 saturated carbocycles. The fraction of sp³-hybridized carbons (Fsp3) is 0.571. The molecule has 0 amide bonds. The van der Waals surface area contributed by atoms with E-state index < -0.39 is 0 Å². The van der Waals surface area contributed by atoms with Crippen molar-refractivity contribution in [2.45, 2.75) is 26.2 Å². The van der Waals surface area contributed by atoms with E-state index in [1.165, 1.54) is 35.8 Å². The third-order valence-electron chi connectivity index (χ3n) is 3.39. The van der Waals surface area contributed by atoms with Gasteiger partial charge in [-0.1, -0.05) is 41.1 Å². The summed E-state index contributed by atoms with van der Waals surface area (Å²) in [5.74, 6) is 1.78. The van der Waals surface area contributed by atoms with Gasteiger partial charge in [-0.2, -0.15) is 0 Å². The smallest absolute Gasteiger partial charge is 0.0207 e. The molecule has 1 unspecified atom stereocenters. The van der Waals surface area contributed by atoms with Gasteiger partial charge < -0.3 is 5.32 Å². The Morgan fingerprint density at radius 1 is 1.38 bits per heavy atom. The van der Waals surface area contributed by atoms with Crippen LogP contribution in [0.3, 0.4) is 0 Å². The highest BCUT2D eigenvalue weighted by atomic mass is 79.9. The van der Waals surface area contributed by atoms with Crippen LogP contribution in [-0.2, 0) is 6.42 Å². The van der Waals surface area contributed by atoms with Crippen molar-refractivity contribution < 1.29 is 0 Å². The Bertz CT molecular complexity index is 333. The quantitative estimate of drug-likeness (QED) is 0.840. The molecule has 0 aromatic heterocycles. The molecule has 16 heavy (non-hydrogen) atoms. The molecule has 0 radical (unpaired) electrons. The lowest BCUT2D eigenvalue weighted by molar-refractivity contribution is 0.428. The van der Waals surface area contributed by atoms with Crippen LogP contribution in [0, 0.1) is 11.8 Å². The molecule has 1 aliphatic carbocycles. The molecule has 1 aliphatic rings. The first kappa shape index (κ1) is 12.1. The zero-order valence-electron chi connectivity index (χ0n) is 9.88. The molecule has 1 aromatic carbocycles. The van der Waals surface area contributed by atoms with Crippen LogP contribution in [0.4, 0.5) is 0 Å². The van der Waals surface area contributed by atoms with E-state index in [9.17, 15) is 0 Å². The monoisotopic (exact) mass is 281 g/mol. The van der Waals surface area contributed by atoms with Crippen molar-refractivity contribution in [3.8, 4) is 0 Å². The summed E-state index contributed by atoms with van der Waals surface area (Å²) in [5, 5.41) is 3.49. The molecule has 0 bridgehead atoms. The molecular formula is C14H20BrN. The van der Waals surface area contributed by atoms with E-state index >= 15 is 0 Å². The molecule has 1 aromatic rings. The Hall–Kier alpha value is -0.340. The predicted molar refractivity (Wildman–Crippen MR) is 72.6 cm³/mol. The number of hydrogen-bond acceptors (Lipinski definition) is 1. The third kappa shape index (κ3) is 3.33. The molecular weight excluding hydrogens is 262 g/mol. The van der Waals surface area contributed by atoms with Crippen molar-refractivity contribution in [1.82, 2.24) is 5.32 Å². The summed E-state index contributed by atoms with van der Waals surface area (Å²) in [7, 11) is 0. The first-order chi connectivity index (χ1) is 7.81. The molecule has 1 N–H and O–H groups in total. The third-order valence-corrected chi connectivity index (χ3v) is 4.16. The van der Waals surface area contributed by atoms with Crippen LogP contribution in [0.15, 0.2) is 28.7 Å². The fourth-order valence-electron chi connectivity index (χ4n) is 2.25. The average Bonchev–Trinajstić information content (AvgIpc) is 3.10. The molecule has 1 fully saturated rings. The Balaban J connectivity index is 1.97. The number of benzene rings is 1. The molecule has 0 saturated heterocycles. The summed E-state index contributed by atoms with van der Waals surface area (Å²) in [6, 6.07) is 8.61. The summed E-state index contributed by atoms with van der Waals surface area (Å²) < 4.78 is 1.26. The normalized spacial score (nSPS) is 17.4. The number of halogens is 1. The van der Waals surface area contributed by atoms with Crippen LogP contribution in [0.25, 0.3) is 0 Å². The van der Waals surface area contributed by atoms with Crippen LogP contribution >= 0.6 is 15.9 Å². The topological polar surface area (TPSA) is 12.0 Å². The van der Waals surface area contributed by atoms with Crippen LogP contribution in [0.5, 0.6) is 0 Å². The second-order valence-electron chi connectivity index (χ2n) is 4.70. The van der Waals surface area contributed by atoms with Gasteiger partial charge in [0.1, 0.15) is 0 Å². The Labute approximate surface area is 107 Å². The van der Waals surface area contributed by atoms with Crippen molar-refractivity contribution in [3.05, 3.63) is 34.3 Å². The van der Waals surface area contributed by atoms with Crippen LogP contribution in [0.2, 0.25) is 0 Å². The summed E-state index contributed by atoms with van der Waals surface area (Å²) in [4.78, 5) is 0. The number of hydrogen-bond donors (Lipinski definition) is 1. The van der Waals surface area contributed by atoms with E-state index in [1.807, 2.05) is 0 Å². The maximum absolute atomic E-state index is 3.64. The second kappa shape index (κ2) is 5.83. The van der Waals surface area contributed by atoms with Crippen molar-refractivity contribution in [2.75, 3.05) is 13.1 Å². The molecule has 0 spiro atoms. The van der Waals surface area contributed by atoms with Gasteiger partial charge in [-0.25, -0.2) is 0 Å². The zero-order chi connectivity index (χ0) is 11.4. The highest BCUT2D eigenvalue weighted by molar-refractivity contribution is 9.10. The highest BCUT2D eigenvalue weighted by Crippen LogP contribution is 2.38. The molecule has 0 aliphatic heterocycles.